The summed E-state index contributed by atoms with van der Waals surface area (Å²) in [6.45, 7) is 4.17. The zero-order valence-electron chi connectivity index (χ0n) is 15.4. The lowest BCUT2D eigenvalue weighted by atomic mass is 10.1. The van der Waals surface area contributed by atoms with Crippen LogP contribution in [0.5, 0.6) is 0 Å². The van der Waals surface area contributed by atoms with Gasteiger partial charge in [0.2, 0.25) is 15.3 Å². The first-order chi connectivity index (χ1) is 13.3. The molecule has 2 heterocycles. The number of nitrogens with zero attached hydrogens (tertiary/aromatic N) is 3. The summed E-state index contributed by atoms with van der Waals surface area (Å²) in [4.78, 5) is 14.0. The molecular formula is C19H19ClN4O2S2. The molecule has 9 heteroatoms. The fraction of sp³-hybridized carbons (Fsp3) is 0.316. The van der Waals surface area contributed by atoms with E-state index in [0.717, 1.165) is 34.0 Å². The molecule has 4 rings (SSSR count). The van der Waals surface area contributed by atoms with E-state index in [9.17, 15) is 8.42 Å². The summed E-state index contributed by atoms with van der Waals surface area (Å²) in [6.07, 6.45) is 3.05. The van der Waals surface area contributed by atoms with Crippen LogP contribution in [0.1, 0.15) is 37.6 Å². The first-order valence-corrected chi connectivity index (χ1v) is 11.7. The summed E-state index contributed by atoms with van der Waals surface area (Å²) in [5.41, 5.74) is 2.82. The van der Waals surface area contributed by atoms with Gasteiger partial charge in [-0.3, -0.25) is 4.72 Å². The average Bonchev–Trinajstić information content (AvgIpc) is 3.41. The second-order valence-corrected chi connectivity index (χ2v) is 10.4. The molecule has 0 atom stereocenters. The first-order valence-electron chi connectivity index (χ1n) is 8.95. The molecule has 0 amide bonds. The molecule has 0 saturated heterocycles. The third kappa shape index (κ3) is 4.04. The second-order valence-electron chi connectivity index (χ2n) is 7.02. The van der Waals surface area contributed by atoms with E-state index in [0.29, 0.717) is 11.4 Å². The topological polar surface area (TPSA) is 84.8 Å². The van der Waals surface area contributed by atoms with Crippen molar-refractivity contribution in [3.63, 3.8) is 0 Å². The van der Waals surface area contributed by atoms with Crippen LogP contribution in [0.15, 0.2) is 36.5 Å². The Labute approximate surface area is 173 Å². The number of rotatable bonds is 6. The summed E-state index contributed by atoms with van der Waals surface area (Å²) in [6, 6.07) is 9.10. The van der Waals surface area contributed by atoms with Gasteiger partial charge in [-0.25, -0.2) is 23.4 Å². The van der Waals surface area contributed by atoms with Gasteiger partial charge in [0, 0.05) is 23.4 Å². The normalized spacial score (nSPS) is 14.4. The van der Waals surface area contributed by atoms with Gasteiger partial charge in [-0.2, -0.15) is 0 Å². The molecule has 3 aromatic rings. The maximum atomic E-state index is 12.3. The van der Waals surface area contributed by atoms with Gasteiger partial charge in [0.15, 0.2) is 0 Å². The van der Waals surface area contributed by atoms with Crippen LogP contribution >= 0.6 is 22.9 Å². The Morgan fingerprint density at radius 1 is 1.21 bits per heavy atom. The predicted octanol–water partition coefficient (Wildman–Crippen LogP) is 4.95. The number of sulfonamides is 1. The lowest BCUT2D eigenvalue weighted by Gasteiger charge is -2.09. The van der Waals surface area contributed by atoms with Crippen LogP contribution in [0.3, 0.4) is 0 Å². The van der Waals surface area contributed by atoms with Crippen molar-refractivity contribution in [2.24, 2.45) is 0 Å². The Bertz CT molecular complexity index is 1120. The van der Waals surface area contributed by atoms with Crippen LogP contribution in [-0.2, 0) is 10.0 Å². The SMILES string of the molecule is CC(C)c1nc(-c2cccc(NS(=O)(=O)C3CC3)c2)c(-c2ccnc(Cl)n2)s1. The highest BCUT2D eigenvalue weighted by Gasteiger charge is 2.35. The van der Waals surface area contributed by atoms with E-state index in [-0.39, 0.29) is 16.5 Å². The monoisotopic (exact) mass is 434 g/mol. The maximum Gasteiger partial charge on any atom is 0.235 e. The van der Waals surface area contributed by atoms with Crippen molar-refractivity contribution in [2.45, 2.75) is 37.9 Å². The Morgan fingerprint density at radius 2 is 2.00 bits per heavy atom. The molecule has 1 aromatic carbocycles. The van der Waals surface area contributed by atoms with E-state index in [2.05, 4.69) is 28.5 Å². The maximum absolute atomic E-state index is 12.3. The lowest BCUT2D eigenvalue weighted by Crippen LogP contribution is -2.17. The largest absolute Gasteiger partial charge is 0.283 e. The van der Waals surface area contributed by atoms with Crippen molar-refractivity contribution in [1.82, 2.24) is 15.0 Å². The van der Waals surface area contributed by atoms with Gasteiger partial charge in [0.25, 0.3) is 0 Å². The van der Waals surface area contributed by atoms with Crippen LogP contribution in [0, 0.1) is 0 Å². The Balaban J connectivity index is 1.77. The Kier molecular flexibility index (Phi) is 5.11. The van der Waals surface area contributed by atoms with Crippen LogP contribution in [0.25, 0.3) is 21.8 Å². The number of nitrogens with one attached hydrogen (secondary N) is 1. The van der Waals surface area contributed by atoms with Crippen molar-refractivity contribution in [2.75, 3.05) is 4.72 Å². The van der Waals surface area contributed by atoms with Gasteiger partial charge in [-0.15, -0.1) is 11.3 Å². The summed E-state index contributed by atoms with van der Waals surface area (Å²) in [5.74, 6) is 0.256. The summed E-state index contributed by atoms with van der Waals surface area (Å²) >= 11 is 7.54. The molecule has 1 aliphatic carbocycles. The van der Waals surface area contributed by atoms with E-state index in [1.54, 1.807) is 29.7 Å². The molecule has 1 fully saturated rings. The molecule has 28 heavy (non-hydrogen) atoms. The summed E-state index contributed by atoms with van der Waals surface area (Å²) in [5, 5.41) is 0.874. The van der Waals surface area contributed by atoms with Gasteiger partial charge in [0.05, 0.1) is 26.5 Å². The molecule has 1 aliphatic rings. The van der Waals surface area contributed by atoms with E-state index >= 15 is 0 Å². The fourth-order valence-corrected chi connectivity index (χ4v) is 5.36. The number of anilines is 1. The number of benzene rings is 1. The minimum atomic E-state index is -3.32. The number of aromatic nitrogens is 3. The number of hydrogen-bond donors (Lipinski definition) is 1. The zero-order valence-corrected chi connectivity index (χ0v) is 17.8. The highest BCUT2D eigenvalue weighted by Crippen LogP contribution is 2.39. The third-order valence-electron chi connectivity index (χ3n) is 4.36. The summed E-state index contributed by atoms with van der Waals surface area (Å²) < 4.78 is 27.2. The molecule has 0 aliphatic heterocycles. The molecule has 2 aromatic heterocycles. The molecule has 0 unspecified atom stereocenters. The van der Waals surface area contributed by atoms with Gasteiger partial charge < -0.3 is 0 Å². The van der Waals surface area contributed by atoms with Crippen LogP contribution in [-0.4, -0.2) is 28.6 Å². The number of hydrogen-bond acceptors (Lipinski definition) is 6. The number of halogens is 1. The van der Waals surface area contributed by atoms with Gasteiger partial charge in [0.1, 0.15) is 0 Å². The molecule has 0 spiro atoms. The molecule has 6 nitrogen and oxygen atoms in total. The van der Waals surface area contributed by atoms with Gasteiger partial charge in [-0.05, 0) is 42.6 Å². The lowest BCUT2D eigenvalue weighted by molar-refractivity contribution is 0.600. The predicted molar refractivity (Wildman–Crippen MR) is 113 cm³/mol. The van der Waals surface area contributed by atoms with Gasteiger partial charge in [-0.1, -0.05) is 26.0 Å². The molecular weight excluding hydrogens is 416 g/mol. The van der Waals surface area contributed by atoms with Crippen molar-refractivity contribution >= 4 is 38.6 Å². The number of thiazole rings is 1. The quantitative estimate of drug-likeness (QED) is 0.555. The van der Waals surface area contributed by atoms with Crippen molar-refractivity contribution in [3.8, 4) is 21.8 Å². The van der Waals surface area contributed by atoms with E-state index < -0.39 is 10.0 Å². The standard InChI is InChI=1S/C19H19ClN4O2S2/c1-11(2)18-23-16(17(27-18)15-8-9-21-19(20)22-15)12-4-3-5-13(10-12)24-28(25,26)14-6-7-14/h3-5,8-11,14,24H,6-7H2,1-2H3. The average molecular weight is 435 g/mol. The molecule has 0 radical (unpaired) electrons. The third-order valence-corrected chi connectivity index (χ3v) is 7.79. The van der Waals surface area contributed by atoms with E-state index in [1.165, 1.54) is 0 Å². The highest BCUT2D eigenvalue weighted by molar-refractivity contribution is 7.93. The first kappa shape index (κ1) is 19.3. The molecule has 1 N–H and O–H groups in total. The minimum Gasteiger partial charge on any atom is -0.283 e. The Morgan fingerprint density at radius 3 is 2.68 bits per heavy atom. The molecule has 0 bridgehead atoms. The van der Waals surface area contributed by atoms with E-state index in [1.807, 2.05) is 18.2 Å². The smallest absolute Gasteiger partial charge is 0.235 e. The fourth-order valence-electron chi connectivity index (χ4n) is 2.77. The van der Waals surface area contributed by atoms with Crippen LogP contribution in [0.4, 0.5) is 5.69 Å². The van der Waals surface area contributed by atoms with Crippen molar-refractivity contribution < 1.29 is 8.42 Å². The zero-order chi connectivity index (χ0) is 19.9. The second kappa shape index (κ2) is 7.42. The summed E-state index contributed by atoms with van der Waals surface area (Å²) in [7, 11) is -3.32. The molecule has 1 saturated carbocycles. The van der Waals surface area contributed by atoms with Crippen LogP contribution in [0.2, 0.25) is 5.28 Å². The minimum absolute atomic E-state index is 0.175. The van der Waals surface area contributed by atoms with E-state index in [4.69, 9.17) is 16.6 Å². The highest BCUT2D eigenvalue weighted by atomic mass is 35.5. The van der Waals surface area contributed by atoms with Crippen molar-refractivity contribution in [1.29, 1.82) is 0 Å². The molecule has 146 valence electrons. The van der Waals surface area contributed by atoms with Crippen LogP contribution < -0.4 is 4.72 Å². The van der Waals surface area contributed by atoms with Gasteiger partial charge >= 0.3 is 0 Å². The Hall–Kier alpha value is -2.03. The van der Waals surface area contributed by atoms with Crippen molar-refractivity contribution in [3.05, 3.63) is 46.8 Å².